The summed E-state index contributed by atoms with van der Waals surface area (Å²) in [5, 5.41) is 1.03. The van der Waals surface area contributed by atoms with Gasteiger partial charge in [0.05, 0.1) is 12.6 Å². The first-order valence-electron chi connectivity index (χ1n) is 12.1. The number of halogens is 1. The van der Waals surface area contributed by atoms with Crippen LogP contribution in [0.5, 0.6) is 5.75 Å². The largest absolute Gasteiger partial charge is 0.497 e. The molecule has 0 aliphatic carbocycles. The highest BCUT2D eigenvalue weighted by atomic mass is 19.1. The van der Waals surface area contributed by atoms with Crippen LogP contribution in [0.3, 0.4) is 0 Å². The second-order valence-electron chi connectivity index (χ2n) is 8.95. The first-order chi connectivity index (χ1) is 15.8. The lowest BCUT2D eigenvalue weighted by molar-refractivity contribution is 0.137. The lowest BCUT2D eigenvalue weighted by atomic mass is 9.93. The van der Waals surface area contributed by atoms with E-state index in [-0.39, 0.29) is 0 Å². The normalized spacial score (nSPS) is 17.0. The topological polar surface area (TPSA) is 25.4 Å². The van der Waals surface area contributed by atoms with E-state index < -0.39 is 6.67 Å². The van der Waals surface area contributed by atoms with Crippen LogP contribution in [0.4, 0.5) is 4.39 Å². The molecule has 4 rings (SSSR count). The summed E-state index contributed by atoms with van der Waals surface area (Å²) in [6.45, 7) is 1.92. The van der Waals surface area contributed by atoms with Crippen molar-refractivity contribution in [3.8, 4) is 5.75 Å². The van der Waals surface area contributed by atoms with Crippen LogP contribution in [0, 0.1) is 0 Å². The number of likely N-dealkylation sites (tertiary alicyclic amines) is 1. The van der Waals surface area contributed by atoms with Crippen molar-refractivity contribution in [3.05, 3.63) is 71.4 Å². The summed E-state index contributed by atoms with van der Waals surface area (Å²) in [6.07, 6.45) is 11.1. The Morgan fingerprint density at radius 3 is 2.75 bits per heavy atom. The molecule has 3 nitrogen and oxygen atoms in total. The van der Waals surface area contributed by atoms with E-state index in [1.165, 1.54) is 50.8 Å². The Labute approximate surface area is 191 Å². The van der Waals surface area contributed by atoms with Crippen molar-refractivity contribution in [2.45, 2.75) is 64.1 Å². The van der Waals surface area contributed by atoms with Crippen LogP contribution in [0.1, 0.15) is 55.2 Å². The van der Waals surface area contributed by atoms with E-state index in [1.54, 1.807) is 13.3 Å². The Morgan fingerprint density at radius 1 is 1.06 bits per heavy atom. The van der Waals surface area contributed by atoms with Crippen molar-refractivity contribution in [1.82, 2.24) is 9.88 Å². The molecule has 1 unspecified atom stereocenters. The van der Waals surface area contributed by atoms with E-state index in [9.17, 15) is 4.39 Å². The van der Waals surface area contributed by atoms with Gasteiger partial charge in [0.25, 0.3) is 0 Å². The van der Waals surface area contributed by atoms with Crippen molar-refractivity contribution in [2.75, 3.05) is 20.2 Å². The standard InChI is InChI=1S/C28H35FN2O/c1-32-25-15-16-28-27(19-25)26(23(20-29)21-30-28)14-7-13-24-12-5-6-17-31(24)18-8-11-22-9-3-2-4-10-22/h2-4,9-10,15-16,19,21,24H,5-8,11-14,17-18,20H2,1H3. The summed E-state index contributed by atoms with van der Waals surface area (Å²) < 4.78 is 19.1. The van der Waals surface area contributed by atoms with Crippen LogP contribution >= 0.6 is 0 Å². The number of nitrogens with zero attached hydrogens (tertiary/aromatic N) is 2. The summed E-state index contributed by atoms with van der Waals surface area (Å²) in [5.41, 5.74) is 4.16. The van der Waals surface area contributed by atoms with Gasteiger partial charge in [-0.25, -0.2) is 4.39 Å². The van der Waals surface area contributed by atoms with Crippen molar-refractivity contribution >= 4 is 10.9 Å². The number of pyridine rings is 1. The second-order valence-corrected chi connectivity index (χ2v) is 8.95. The lowest BCUT2D eigenvalue weighted by Crippen LogP contribution is -2.40. The third kappa shape index (κ3) is 5.66. The monoisotopic (exact) mass is 434 g/mol. The van der Waals surface area contributed by atoms with Gasteiger partial charge in [-0.15, -0.1) is 0 Å². The zero-order valence-corrected chi connectivity index (χ0v) is 19.2. The molecule has 0 N–H and O–H groups in total. The SMILES string of the molecule is COc1ccc2ncc(CF)c(CCCC3CCCCN3CCCc3ccccc3)c2c1. The number of hydrogen-bond acceptors (Lipinski definition) is 3. The molecule has 1 aliphatic heterocycles. The fourth-order valence-electron chi connectivity index (χ4n) is 5.13. The maximum Gasteiger partial charge on any atom is 0.119 e. The van der Waals surface area contributed by atoms with Gasteiger partial charge in [-0.2, -0.15) is 0 Å². The van der Waals surface area contributed by atoms with E-state index in [1.807, 2.05) is 18.2 Å². The van der Waals surface area contributed by atoms with Crippen molar-refractivity contribution in [3.63, 3.8) is 0 Å². The summed E-state index contributed by atoms with van der Waals surface area (Å²) in [7, 11) is 1.67. The average molecular weight is 435 g/mol. The van der Waals surface area contributed by atoms with Crippen molar-refractivity contribution in [2.24, 2.45) is 0 Å². The molecule has 1 aliphatic rings. The molecule has 4 heteroatoms. The van der Waals surface area contributed by atoms with Gasteiger partial charge in [-0.1, -0.05) is 36.8 Å². The summed E-state index contributed by atoms with van der Waals surface area (Å²) in [5.74, 6) is 0.799. The summed E-state index contributed by atoms with van der Waals surface area (Å²) in [4.78, 5) is 7.16. The molecule has 0 spiro atoms. The van der Waals surface area contributed by atoms with Gasteiger partial charge >= 0.3 is 0 Å². The molecule has 1 aromatic heterocycles. The van der Waals surface area contributed by atoms with Crippen LogP contribution in [-0.2, 0) is 19.5 Å². The van der Waals surface area contributed by atoms with Gasteiger partial charge in [-0.05, 0) is 87.4 Å². The molecule has 1 saturated heterocycles. The molecule has 1 atom stereocenters. The fourth-order valence-corrected chi connectivity index (χ4v) is 5.13. The maximum atomic E-state index is 13.7. The van der Waals surface area contributed by atoms with E-state index in [0.29, 0.717) is 11.6 Å². The molecule has 170 valence electrons. The predicted octanol–water partition coefficient (Wildman–Crippen LogP) is 6.52. The van der Waals surface area contributed by atoms with Crippen LogP contribution in [0.25, 0.3) is 10.9 Å². The number of aromatic nitrogens is 1. The van der Waals surface area contributed by atoms with Gasteiger partial charge in [0.1, 0.15) is 12.4 Å². The van der Waals surface area contributed by atoms with E-state index in [4.69, 9.17) is 4.74 Å². The molecule has 1 fully saturated rings. The number of rotatable bonds is 10. The fraction of sp³-hybridized carbons (Fsp3) is 0.464. The van der Waals surface area contributed by atoms with Crippen LogP contribution in [-0.4, -0.2) is 36.1 Å². The van der Waals surface area contributed by atoms with Gasteiger partial charge in [-0.3, -0.25) is 4.98 Å². The molecular weight excluding hydrogens is 399 g/mol. The highest BCUT2D eigenvalue weighted by molar-refractivity contribution is 5.84. The Bertz CT molecular complexity index is 986. The Morgan fingerprint density at radius 2 is 1.94 bits per heavy atom. The molecule has 3 aromatic rings. The summed E-state index contributed by atoms with van der Waals surface area (Å²) in [6, 6.07) is 17.3. The highest BCUT2D eigenvalue weighted by Gasteiger charge is 2.22. The smallest absolute Gasteiger partial charge is 0.119 e. The quantitative estimate of drug-likeness (QED) is 0.363. The lowest BCUT2D eigenvalue weighted by Gasteiger charge is -2.36. The zero-order valence-electron chi connectivity index (χ0n) is 19.2. The third-order valence-electron chi connectivity index (χ3n) is 6.89. The molecule has 0 bridgehead atoms. The number of aryl methyl sites for hydroxylation is 2. The number of piperidine rings is 1. The third-order valence-corrected chi connectivity index (χ3v) is 6.89. The molecule has 2 aromatic carbocycles. The number of methoxy groups -OCH3 is 1. The van der Waals surface area contributed by atoms with Gasteiger partial charge in [0, 0.05) is 23.2 Å². The Hall–Kier alpha value is -2.46. The number of ether oxygens (including phenoxy) is 1. The van der Waals surface area contributed by atoms with Crippen molar-refractivity contribution in [1.29, 1.82) is 0 Å². The van der Waals surface area contributed by atoms with Crippen LogP contribution < -0.4 is 4.74 Å². The van der Waals surface area contributed by atoms with E-state index in [2.05, 4.69) is 40.2 Å². The first-order valence-corrected chi connectivity index (χ1v) is 12.1. The molecular formula is C28H35FN2O. The average Bonchev–Trinajstić information content (AvgIpc) is 2.85. The molecule has 32 heavy (non-hydrogen) atoms. The number of benzene rings is 2. The minimum Gasteiger partial charge on any atom is -0.497 e. The molecule has 2 heterocycles. The van der Waals surface area contributed by atoms with Crippen molar-refractivity contribution < 1.29 is 9.13 Å². The second kappa shape index (κ2) is 11.4. The minimum atomic E-state index is -0.468. The Kier molecular flexibility index (Phi) is 8.11. The van der Waals surface area contributed by atoms with E-state index in [0.717, 1.165) is 41.5 Å². The number of alkyl halides is 1. The van der Waals surface area contributed by atoms with Crippen LogP contribution in [0.15, 0.2) is 54.7 Å². The maximum absolute atomic E-state index is 13.7. The highest BCUT2D eigenvalue weighted by Crippen LogP contribution is 2.28. The van der Waals surface area contributed by atoms with Crippen LogP contribution in [0.2, 0.25) is 0 Å². The number of hydrogen-bond donors (Lipinski definition) is 0. The molecule has 0 radical (unpaired) electrons. The molecule has 0 saturated carbocycles. The Balaban J connectivity index is 1.37. The number of fused-ring (bicyclic) bond motifs is 1. The first kappa shape index (κ1) is 22.7. The van der Waals surface area contributed by atoms with Gasteiger partial charge in [0.15, 0.2) is 0 Å². The minimum absolute atomic E-state index is 0.468. The van der Waals surface area contributed by atoms with E-state index >= 15 is 0 Å². The predicted molar refractivity (Wildman–Crippen MR) is 130 cm³/mol. The molecule has 0 amide bonds. The zero-order chi connectivity index (χ0) is 22.2. The van der Waals surface area contributed by atoms with Gasteiger partial charge < -0.3 is 9.64 Å². The summed E-state index contributed by atoms with van der Waals surface area (Å²) >= 11 is 0. The van der Waals surface area contributed by atoms with Gasteiger partial charge in [0.2, 0.25) is 0 Å².